The van der Waals surface area contributed by atoms with Crippen LogP contribution in [0.5, 0.6) is 0 Å². The van der Waals surface area contributed by atoms with Crippen molar-refractivity contribution in [2.75, 3.05) is 13.2 Å². The molecule has 1 aliphatic carbocycles. The molecule has 0 bridgehead atoms. The lowest BCUT2D eigenvalue weighted by molar-refractivity contribution is 0.0948. The molecule has 2 aromatic rings. The van der Waals surface area contributed by atoms with E-state index in [0.717, 1.165) is 15.4 Å². The quantitative estimate of drug-likeness (QED) is 0.841. The van der Waals surface area contributed by atoms with E-state index < -0.39 is 0 Å². The van der Waals surface area contributed by atoms with Crippen molar-refractivity contribution in [2.24, 2.45) is 0 Å². The summed E-state index contributed by atoms with van der Waals surface area (Å²) in [5.41, 5.74) is 1.24. The molecule has 1 saturated carbocycles. The first kappa shape index (κ1) is 14.8. The van der Waals surface area contributed by atoms with Crippen molar-refractivity contribution in [1.82, 2.24) is 4.90 Å². The molecule has 0 aliphatic heterocycles. The van der Waals surface area contributed by atoms with E-state index in [1.165, 1.54) is 19.3 Å². The summed E-state index contributed by atoms with van der Waals surface area (Å²) in [6.07, 6.45) is 3.59. The zero-order chi connectivity index (χ0) is 14.8. The fourth-order valence-electron chi connectivity index (χ4n) is 2.82. The van der Waals surface area contributed by atoms with Crippen LogP contribution in [0.3, 0.4) is 0 Å². The lowest BCUT2D eigenvalue weighted by Crippen LogP contribution is -2.41. The van der Waals surface area contributed by atoms with Gasteiger partial charge in [-0.2, -0.15) is 0 Å². The minimum Gasteiger partial charge on any atom is -0.423 e. The maximum atomic E-state index is 11.8. The van der Waals surface area contributed by atoms with E-state index in [1.54, 1.807) is 6.07 Å². The van der Waals surface area contributed by atoms with Crippen molar-refractivity contribution in [1.29, 1.82) is 0 Å². The predicted molar refractivity (Wildman–Crippen MR) is 85.3 cm³/mol. The van der Waals surface area contributed by atoms with E-state index in [2.05, 4.69) is 20.8 Å². The smallest absolute Gasteiger partial charge is 0.336 e. The third kappa shape index (κ3) is 3.20. The zero-order valence-corrected chi connectivity index (χ0v) is 13.3. The summed E-state index contributed by atoms with van der Waals surface area (Å²) in [7, 11) is 0. The molecule has 0 radical (unpaired) electrons. The average Bonchev–Trinajstić information content (AvgIpc) is 2.36. The van der Waals surface area contributed by atoms with E-state index in [1.807, 2.05) is 18.2 Å². The van der Waals surface area contributed by atoms with Gasteiger partial charge in [-0.05, 0) is 36.6 Å². The van der Waals surface area contributed by atoms with Gasteiger partial charge in [0, 0.05) is 35.1 Å². The first-order valence-electron chi connectivity index (χ1n) is 7.24. The second-order valence-electron chi connectivity index (χ2n) is 5.51. The monoisotopic (exact) mass is 351 g/mol. The SMILES string of the molecule is O=c1cc(CN(CCO)C2CCC2)c2ccc(Br)cc2o1. The van der Waals surface area contributed by atoms with Gasteiger partial charge < -0.3 is 9.52 Å². The van der Waals surface area contributed by atoms with E-state index in [4.69, 9.17) is 4.42 Å². The summed E-state index contributed by atoms with van der Waals surface area (Å²) in [5.74, 6) is 0. The van der Waals surface area contributed by atoms with Crippen LogP contribution in [0.15, 0.2) is 37.9 Å². The standard InChI is InChI=1S/C16H18BrNO3/c17-12-4-5-14-11(8-16(20)21-15(14)9-12)10-18(6-7-19)13-2-1-3-13/h4-5,8-9,13,19H,1-3,6-7,10H2. The molecule has 0 saturated heterocycles. The second kappa shape index (κ2) is 6.30. The number of halogens is 1. The Balaban J connectivity index is 1.96. The summed E-state index contributed by atoms with van der Waals surface area (Å²) in [6.45, 7) is 1.46. The Hall–Kier alpha value is -1.17. The Morgan fingerprint density at radius 3 is 2.81 bits per heavy atom. The number of hydrogen-bond donors (Lipinski definition) is 1. The molecular formula is C16H18BrNO3. The van der Waals surface area contributed by atoms with Gasteiger partial charge in [-0.25, -0.2) is 4.79 Å². The number of rotatable bonds is 5. The minimum atomic E-state index is -0.326. The second-order valence-corrected chi connectivity index (χ2v) is 6.43. The Morgan fingerprint density at radius 1 is 1.33 bits per heavy atom. The average molecular weight is 352 g/mol. The molecule has 0 amide bonds. The molecule has 1 aromatic heterocycles. The molecule has 0 spiro atoms. The molecule has 0 atom stereocenters. The van der Waals surface area contributed by atoms with Crippen molar-refractivity contribution in [3.63, 3.8) is 0 Å². The lowest BCUT2D eigenvalue weighted by atomic mass is 9.91. The zero-order valence-electron chi connectivity index (χ0n) is 11.7. The van der Waals surface area contributed by atoms with Gasteiger partial charge >= 0.3 is 5.63 Å². The molecule has 3 rings (SSSR count). The molecule has 112 valence electrons. The minimum absolute atomic E-state index is 0.140. The van der Waals surface area contributed by atoms with Gasteiger partial charge in [-0.15, -0.1) is 0 Å². The van der Waals surface area contributed by atoms with E-state index >= 15 is 0 Å². The highest BCUT2D eigenvalue weighted by atomic mass is 79.9. The molecule has 1 aliphatic rings. The number of aliphatic hydroxyl groups excluding tert-OH is 1. The summed E-state index contributed by atoms with van der Waals surface area (Å²) in [5, 5.41) is 10.2. The maximum absolute atomic E-state index is 11.8. The first-order chi connectivity index (χ1) is 10.2. The van der Waals surface area contributed by atoms with Crippen LogP contribution in [0.25, 0.3) is 11.0 Å². The van der Waals surface area contributed by atoms with E-state index in [9.17, 15) is 9.90 Å². The van der Waals surface area contributed by atoms with E-state index in [-0.39, 0.29) is 12.2 Å². The van der Waals surface area contributed by atoms with Gasteiger partial charge in [0.25, 0.3) is 0 Å². The van der Waals surface area contributed by atoms with Crippen LogP contribution in [-0.2, 0) is 6.54 Å². The van der Waals surface area contributed by atoms with Gasteiger partial charge in [-0.1, -0.05) is 22.4 Å². The van der Waals surface area contributed by atoms with Gasteiger partial charge in [-0.3, -0.25) is 4.90 Å². The summed E-state index contributed by atoms with van der Waals surface area (Å²) in [6, 6.07) is 7.83. The first-order valence-corrected chi connectivity index (χ1v) is 8.04. The number of aliphatic hydroxyl groups is 1. The fourth-order valence-corrected chi connectivity index (χ4v) is 3.16. The maximum Gasteiger partial charge on any atom is 0.336 e. The number of benzene rings is 1. The molecule has 0 unspecified atom stereocenters. The number of nitrogens with zero attached hydrogens (tertiary/aromatic N) is 1. The van der Waals surface area contributed by atoms with Gasteiger partial charge in [0.05, 0.1) is 6.61 Å². The summed E-state index contributed by atoms with van der Waals surface area (Å²) in [4.78, 5) is 14.0. The Kier molecular flexibility index (Phi) is 4.42. The Morgan fingerprint density at radius 2 is 2.14 bits per heavy atom. The topological polar surface area (TPSA) is 53.7 Å². The molecule has 4 nitrogen and oxygen atoms in total. The predicted octanol–water partition coefficient (Wildman–Crippen LogP) is 2.90. The largest absolute Gasteiger partial charge is 0.423 e. The van der Waals surface area contributed by atoms with Crippen molar-refractivity contribution >= 4 is 26.9 Å². The molecule has 1 N–H and O–H groups in total. The normalized spacial score (nSPS) is 15.6. The molecule has 21 heavy (non-hydrogen) atoms. The Bertz CT molecular complexity index is 693. The van der Waals surface area contributed by atoms with Crippen molar-refractivity contribution < 1.29 is 9.52 Å². The van der Waals surface area contributed by atoms with Crippen LogP contribution in [0.1, 0.15) is 24.8 Å². The van der Waals surface area contributed by atoms with Crippen molar-refractivity contribution in [2.45, 2.75) is 31.8 Å². The highest BCUT2D eigenvalue weighted by molar-refractivity contribution is 9.10. The lowest BCUT2D eigenvalue weighted by Gasteiger charge is -2.37. The third-order valence-corrected chi connectivity index (χ3v) is 4.64. The highest BCUT2D eigenvalue weighted by Gasteiger charge is 2.25. The molecule has 5 heteroatoms. The van der Waals surface area contributed by atoms with Gasteiger partial charge in [0.15, 0.2) is 0 Å². The molecule has 1 aromatic carbocycles. The summed E-state index contributed by atoms with van der Waals surface area (Å²) >= 11 is 3.40. The molecule has 1 fully saturated rings. The van der Waals surface area contributed by atoms with Crippen LogP contribution < -0.4 is 5.63 Å². The fraction of sp³-hybridized carbons (Fsp3) is 0.438. The number of hydrogen-bond acceptors (Lipinski definition) is 4. The molecule has 1 heterocycles. The van der Waals surface area contributed by atoms with Crippen LogP contribution in [0.4, 0.5) is 0 Å². The van der Waals surface area contributed by atoms with Gasteiger partial charge in [0.2, 0.25) is 0 Å². The van der Waals surface area contributed by atoms with Gasteiger partial charge in [0.1, 0.15) is 5.58 Å². The van der Waals surface area contributed by atoms with Crippen LogP contribution >= 0.6 is 15.9 Å². The number of fused-ring (bicyclic) bond motifs is 1. The Labute approximate surface area is 131 Å². The third-order valence-electron chi connectivity index (χ3n) is 4.14. The van der Waals surface area contributed by atoms with Crippen LogP contribution in [0.2, 0.25) is 0 Å². The van der Waals surface area contributed by atoms with Crippen LogP contribution in [0, 0.1) is 0 Å². The summed E-state index contributed by atoms with van der Waals surface area (Å²) < 4.78 is 6.16. The van der Waals surface area contributed by atoms with Crippen molar-refractivity contribution in [3.8, 4) is 0 Å². The highest BCUT2D eigenvalue weighted by Crippen LogP contribution is 2.28. The van der Waals surface area contributed by atoms with E-state index in [0.29, 0.717) is 24.7 Å². The molecular weight excluding hydrogens is 334 g/mol. The van der Waals surface area contributed by atoms with Crippen LogP contribution in [-0.4, -0.2) is 29.2 Å². The van der Waals surface area contributed by atoms with Crippen molar-refractivity contribution in [3.05, 3.63) is 44.7 Å².